The van der Waals surface area contributed by atoms with Crippen molar-refractivity contribution in [1.82, 2.24) is 4.90 Å². The van der Waals surface area contributed by atoms with Crippen molar-refractivity contribution in [2.45, 2.75) is 20.4 Å². The molecule has 0 aliphatic rings. The molecule has 2 amide bonds. The van der Waals surface area contributed by atoms with Crippen LogP contribution in [0.25, 0.3) is 0 Å². The van der Waals surface area contributed by atoms with Crippen LogP contribution in [-0.4, -0.2) is 37.0 Å². The van der Waals surface area contributed by atoms with E-state index >= 15 is 0 Å². The van der Waals surface area contributed by atoms with Gasteiger partial charge in [0.25, 0.3) is 11.8 Å². The van der Waals surface area contributed by atoms with Gasteiger partial charge in [0.15, 0.2) is 11.5 Å². The molecule has 7 heteroatoms. The third-order valence-electron chi connectivity index (χ3n) is 4.68. The Labute approximate surface area is 186 Å². The van der Waals surface area contributed by atoms with Crippen molar-refractivity contribution < 1.29 is 19.1 Å². The fraction of sp³-hybridized carbons (Fsp3) is 0.250. The van der Waals surface area contributed by atoms with E-state index in [9.17, 15) is 9.59 Å². The van der Waals surface area contributed by atoms with E-state index in [1.165, 1.54) is 11.3 Å². The van der Waals surface area contributed by atoms with E-state index in [0.29, 0.717) is 47.3 Å². The number of hydrogen-bond donors (Lipinski definition) is 1. The molecule has 0 aliphatic carbocycles. The average molecular weight is 439 g/mol. The number of amides is 2. The van der Waals surface area contributed by atoms with E-state index in [1.54, 1.807) is 42.3 Å². The van der Waals surface area contributed by atoms with Gasteiger partial charge in [-0.3, -0.25) is 9.59 Å². The summed E-state index contributed by atoms with van der Waals surface area (Å²) in [5.41, 5.74) is 2.05. The van der Waals surface area contributed by atoms with Crippen molar-refractivity contribution in [3.05, 3.63) is 76.0 Å². The fourth-order valence-corrected chi connectivity index (χ4v) is 3.76. The van der Waals surface area contributed by atoms with Gasteiger partial charge in [0.1, 0.15) is 0 Å². The van der Waals surface area contributed by atoms with Gasteiger partial charge in [0.2, 0.25) is 0 Å². The quantitative estimate of drug-likeness (QED) is 0.506. The summed E-state index contributed by atoms with van der Waals surface area (Å²) in [5.74, 6) is 1.02. The zero-order valence-corrected chi connectivity index (χ0v) is 18.7. The second-order valence-corrected chi connectivity index (χ2v) is 7.70. The number of anilines is 1. The van der Waals surface area contributed by atoms with Crippen LogP contribution in [-0.2, 0) is 6.54 Å². The first-order valence-corrected chi connectivity index (χ1v) is 11.0. The lowest BCUT2D eigenvalue weighted by Crippen LogP contribution is -2.30. The molecule has 2 aromatic carbocycles. The average Bonchev–Trinajstić information content (AvgIpc) is 3.33. The van der Waals surface area contributed by atoms with Crippen molar-refractivity contribution in [3.8, 4) is 11.5 Å². The molecule has 162 valence electrons. The van der Waals surface area contributed by atoms with Crippen molar-refractivity contribution in [2.75, 3.05) is 25.6 Å². The Hall–Kier alpha value is -3.32. The highest BCUT2D eigenvalue weighted by molar-refractivity contribution is 7.12. The summed E-state index contributed by atoms with van der Waals surface area (Å²) >= 11 is 1.37. The summed E-state index contributed by atoms with van der Waals surface area (Å²) in [7, 11) is 1.60. The van der Waals surface area contributed by atoms with Gasteiger partial charge in [-0.1, -0.05) is 18.2 Å². The summed E-state index contributed by atoms with van der Waals surface area (Å²) in [4.78, 5) is 27.8. The molecule has 1 N–H and O–H groups in total. The molecule has 0 fully saturated rings. The lowest BCUT2D eigenvalue weighted by atomic mass is 10.1. The summed E-state index contributed by atoms with van der Waals surface area (Å²) in [6.07, 6.45) is 0. The molecule has 0 saturated carbocycles. The number of nitrogens with one attached hydrogen (secondary N) is 1. The normalized spacial score (nSPS) is 10.4. The molecule has 0 radical (unpaired) electrons. The molecule has 0 aliphatic heterocycles. The van der Waals surface area contributed by atoms with Gasteiger partial charge in [-0.05, 0) is 61.2 Å². The maximum atomic E-state index is 13.1. The number of carbonyl (C=O) groups excluding carboxylic acids is 2. The Morgan fingerprint density at radius 3 is 2.55 bits per heavy atom. The van der Waals surface area contributed by atoms with Crippen LogP contribution >= 0.6 is 11.3 Å². The summed E-state index contributed by atoms with van der Waals surface area (Å²) in [6.45, 7) is 5.38. The van der Waals surface area contributed by atoms with Crippen molar-refractivity contribution in [3.63, 3.8) is 0 Å². The lowest BCUT2D eigenvalue weighted by molar-refractivity contribution is 0.0752. The zero-order valence-electron chi connectivity index (χ0n) is 17.9. The van der Waals surface area contributed by atoms with Crippen molar-refractivity contribution in [2.24, 2.45) is 0 Å². The summed E-state index contributed by atoms with van der Waals surface area (Å²) < 4.78 is 11.0. The maximum absolute atomic E-state index is 13.1. The highest BCUT2D eigenvalue weighted by atomic mass is 32.1. The Morgan fingerprint density at radius 1 is 1.03 bits per heavy atom. The SMILES string of the molecule is CCOc1ccc(CN(CC)C(=O)c2cccc(NC(=O)c3cccs3)c2)cc1OC. The maximum Gasteiger partial charge on any atom is 0.265 e. The number of nitrogens with zero attached hydrogens (tertiary/aromatic N) is 1. The third-order valence-corrected chi connectivity index (χ3v) is 5.55. The molecule has 0 bridgehead atoms. The van der Waals surface area contributed by atoms with Crippen LogP contribution in [0.4, 0.5) is 5.69 Å². The van der Waals surface area contributed by atoms with E-state index in [1.807, 2.05) is 43.5 Å². The Bertz CT molecular complexity index is 1030. The van der Waals surface area contributed by atoms with Gasteiger partial charge in [0, 0.05) is 24.3 Å². The van der Waals surface area contributed by atoms with Gasteiger partial charge in [0.05, 0.1) is 18.6 Å². The second kappa shape index (κ2) is 10.6. The summed E-state index contributed by atoms with van der Waals surface area (Å²) in [5, 5.41) is 4.70. The summed E-state index contributed by atoms with van der Waals surface area (Å²) in [6, 6.07) is 16.3. The molecule has 31 heavy (non-hydrogen) atoms. The first-order chi connectivity index (χ1) is 15.0. The topological polar surface area (TPSA) is 67.9 Å². The van der Waals surface area contributed by atoms with Gasteiger partial charge < -0.3 is 19.7 Å². The predicted molar refractivity (Wildman–Crippen MR) is 123 cm³/mol. The van der Waals surface area contributed by atoms with E-state index in [4.69, 9.17) is 9.47 Å². The Kier molecular flexibility index (Phi) is 7.67. The second-order valence-electron chi connectivity index (χ2n) is 6.75. The third kappa shape index (κ3) is 5.64. The minimum absolute atomic E-state index is 0.109. The number of ether oxygens (including phenoxy) is 2. The van der Waals surface area contributed by atoms with Crippen LogP contribution in [0.5, 0.6) is 11.5 Å². The first-order valence-electron chi connectivity index (χ1n) is 10.1. The van der Waals surface area contributed by atoms with Gasteiger partial charge in [-0.25, -0.2) is 0 Å². The molecule has 0 spiro atoms. The molecule has 1 aromatic heterocycles. The molecule has 1 heterocycles. The van der Waals surface area contributed by atoms with Crippen molar-refractivity contribution in [1.29, 1.82) is 0 Å². The predicted octanol–water partition coefficient (Wildman–Crippen LogP) is 5.07. The van der Waals surface area contributed by atoms with Gasteiger partial charge in [-0.15, -0.1) is 11.3 Å². The van der Waals surface area contributed by atoms with Crippen LogP contribution in [0.2, 0.25) is 0 Å². The van der Waals surface area contributed by atoms with E-state index in [2.05, 4.69) is 5.32 Å². The number of benzene rings is 2. The van der Waals surface area contributed by atoms with Crippen LogP contribution in [0.1, 0.15) is 39.4 Å². The van der Waals surface area contributed by atoms with E-state index in [0.717, 1.165) is 5.56 Å². The molecule has 3 aromatic rings. The Morgan fingerprint density at radius 2 is 1.87 bits per heavy atom. The Balaban J connectivity index is 1.74. The molecule has 6 nitrogen and oxygen atoms in total. The molecular formula is C24H26N2O4S. The monoisotopic (exact) mass is 438 g/mol. The van der Waals surface area contributed by atoms with E-state index in [-0.39, 0.29) is 11.8 Å². The van der Waals surface area contributed by atoms with Crippen molar-refractivity contribution >= 4 is 28.8 Å². The number of hydrogen-bond acceptors (Lipinski definition) is 5. The molecular weight excluding hydrogens is 412 g/mol. The number of carbonyl (C=O) groups is 2. The van der Waals surface area contributed by atoms with Crippen LogP contribution in [0.15, 0.2) is 60.0 Å². The van der Waals surface area contributed by atoms with Crippen LogP contribution in [0, 0.1) is 0 Å². The fourth-order valence-electron chi connectivity index (χ4n) is 3.15. The van der Waals surface area contributed by atoms with Gasteiger partial charge >= 0.3 is 0 Å². The minimum atomic E-state index is -0.187. The largest absolute Gasteiger partial charge is 0.493 e. The molecule has 0 unspecified atom stereocenters. The lowest BCUT2D eigenvalue weighted by Gasteiger charge is -2.22. The van der Waals surface area contributed by atoms with Crippen LogP contribution in [0.3, 0.4) is 0 Å². The zero-order chi connectivity index (χ0) is 22.2. The molecule has 3 rings (SSSR count). The van der Waals surface area contributed by atoms with E-state index < -0.39 is 0 Å². The standard InChI is InChI=1S/C24H26N2O4S/c1-4-26(16-17-11-12-20(30-5-2)21(14-17)29-3)24(28)18-8-6-9-19(15-18)25-23(27)22-10-7-13-31-22/h6-15H,4-5,16H2,1-3H3,(H,25,27). The molecule has 0 saturated heterocycles. The van der Waals surface area contributed by atoms with Gasteiger partial charge in [-0.2, -0.15) is 0 Å². The minimum Gasteiger partial charge on any atom is -0.493 e. The highest BCUT2D eigenvalue weighted by Gasteiger charge is 2.17. The highest BCUT2D eigenvalue weighted by Crippen LogP contribution is 2.28. The number of rotatable bonds is 9. The molecule has 0 atom stereocenters. The smallest absolute Gasteiger partial charge is 0.265 e. The first kappa shape index (κ1) is 22.4. The number of methoxy groups -OCH3 is 1. The van der Waals surface area contributed by atoms with Crippen LogP contribution < -0.4 is 14.8 Å². The number of thiophene rings is 1.